The second-order valence-electron chi connectivity index (χ2n) is 4.59. The van der Waals surface area contributed by atoms with E-state index in [1.165, 1.54) is 0 Å². The number of benzene rings is 1. The third-order valence-electron chi connectivity index (χ3n) is 3.44. The van der Waals surface area contributed by atoms with Gasteiger partial charge in [-0.25, -0.2) is 0 Å². The first-order chi connectivity index (χ1) is 9.17. The average molecular weight is 264 g/mol. The van der Waals surface area contributed by atoms with Crippen molar-refractivity contribution in [2.45, 2.75) is 19.4 Å². The van der Waals surface area contributed by atoms with Crippen molar-refractivity contribution in [3.8, 4) is 5.75 Å². The molecule has 0 aromatic heterocycles. The van der Waals surface area contributed by atoms with E-state index in [1.54, 1.807) is 25.3 Å². The Bertz CT molecular complexity index is 462. The van der Waals surface area contributed by atoms with Crippen LogP contribution in [-0.4, -0.2) is 43.7 Å². The van der Waals surface area contributed by atoms with E-state index in [0.717, 1.165) is 6.42 Å². The van der Waals surface area contributed by atoms with E-state index in [9.17, 15) is 4.79 Å². The Labute approximate surface area is 113 Å². The third kappa shape index (κ3) is 2.81. The number of hydrogen-bond donors (Lipinski definition) is 1. The van der Waals surface area contributed by atoms with E-state index in [2.05, 4.69) is 6.92 Å². The van der Waals surface area contributed by atoms with Gasteiger partial charge in [0.15, 0.2) is 0 Å². The molecule has 5 heteroatoms. The fourth-order valence-electron chi connectivity index (χ4n) is 2.27. The molecule has 1 amide bonds. The van der Waals surface area contributed by atoms with Gasteiger partial charge < -0.3 is 20.1 Å². The monoisotopic (exact) mass is 264 g/mol. The summed E-state index contributed by atoms with van der Waals surface area (Å²) in [6.07, 6.45) is 0.887. The highest BCUT2D eigenvalue weighted by Crippen LogP contribution is 2.24. The fourth-order valence-corrected chi connectivity index (χ4v) is 2.27. The molecule has 0 aliphatic carbocycles. The number of nitrogen functional groups attached to an aromatic ring is 1. The zero-order chi connectivity index (χ0) is 13.8. The van der Waals surface area contributed by atoms with Gasteiger partial charge in [0.25, 0.3) is 5.91 Å². The molecule has 19 heavy (non-hydrogen) atoms. The molecule has 1 aromatic carbocycles. The van der Waals surface area contributed by atoms with Crippen molar-refractivity contribution >= 4 is 11.6 Å². The third-order valence-corrected chi connectivity index (χ3v) is 3.44. The molecule has 1 fully saturated rings. The molecule has 1 aromatic rings. The first-order valence-corrected chi connectivity index (χ1v) is 6.49. The van der Waals surface area contributed by atoms with Crippen LogP contribution in [0.1, 0.15) is 23.7 Å². The first kappa shape index (κ1) is 13.7. The molecule has 1 saturated heterocycles. The predicted molar refractivity (Wildman–Crippen MR) is 73.3 cm³/mol. The van der Waals surface area contributed by atoms with Crippen molar-refractivity contribution in [1.82, 2.24) is 4.90 Å². The Morgan fingerprint density at radius 1 is 1.58 bits per heavy atom. The maximum atomic E-state index is 12.5. The minimum atomic E-state index is 0.00782. The molecule has 1 heterocycles. The zero-order valence-corrected chi connectivity index (χ0v) is 11.4. The minimum Gasteiger partial charge on any atom is -0.495 e. The molecule has 0 saturated carbocycles. The lowest BCUT2D eigenvalue weighted by Gasteiger charge is -2.35. The Hall–Kier alpha value is -1.75. The molecular formula is C14H20N2O3. The van der Waals surface area contributed by atoms with Gasteiger partial charge in [0, 0.05) is 12.1 Å². The second-order valence-corrected chi connectivity index (χ2v) is 4.59. The van der Waals surface area contributed by atoms with Crippen molar-refractivity contribution in [3.05, 3.63) is 23.8 Å². The van der Waals surface area contributed by atoms with Crippen LogP contribution in [0, 0.1) is 0 Å². The van der Waals surface area contributed by atoms with Crippen molar-refractivity contribution in [2.75, 3.05) is 32.6 Å². The topological polar surface area (TPSA) is 64.8 Å². The molecule has 5 nitrogen and oxygen atoms in total. The maximum Gasteiger partial charge on any atom is 0.254 e. The molecule has 104 valence electrons. The number of nitrogens with zero attached hydrogens (tertiary/aromatic N) is 1. The van der Waals surface area contributed by atoms with Gasteiger partial charge in [0.2, 0.25) is 0 Å². The summed E-state index contributed by atoms with van der Waals surface area (Å²) >= 11 is 0. The van der Waals surface area contributed by atoms with Crippen molar-refractivity contribution in [3.63, 3.8) is 0 Å². The smallest absolute Gasteiger partial charge is 0.254 e. The Kier molecular flexibility index (Phi) is 4.27. The number of hydrogen-bond acceptors (Lipinski definition) is 4. The number of amides is 1. The number of methoxy groups -OCH3 is 1. The van der Waals surface area contributed by atoms with Gasteiger partial charge >= 0.3 is 0 Å². The highest BCUT2D eigenvalue weighted by Gasteiger charge is 2.27. The largest absolute Gasteiger partial charge is 0.495 e. The lowest BCUT2D eigenvalue weighted by molar-refractivity contribution is -0.00280. The Balaban J connectivity index is 2.22. The Morgan fingerprint density at radius 3 is 3.05 bits per heavy atom. The van der Waals surface area contributed by atoms with Crippen molar-refractivity contribution in [2.24, 2.45) is 0 Å². The molecule has 0 bridgehead atoms. The van der Waals surface area contributed by atoms with E-state index >= 15 is 0 Å². The summed E-state index contributed by atoms with van der Waals surface area (Å²) in [6, 6.07) is 5.28. The first-order valence-electron chi connectivity index (χ1n) is 6.49. The fraction of sp³-hybridized carbons (Fsp3) is 0.500. The number of rotatable bonds is 3. The van der Waals surface area contributed by atoms with Gasteiger partial charge in [-0.05, 0) is 24.6 Å². The molecular weight excluding hydrogens is 244 g/mol. The number of nitrogens with two attached hydrogens (primary N) is 1. The second kappa shape index (κ2) is 5.93. The molecule has 0 radical (unpaired) electrons. The minimum absolute atomic E-state index is 0.00782. The number of morpholine rings is 1. The van der Waals surface area contributed by atoms with E-state index in [4.69, 9.17) is 15.2 Å². The summed E-state index contributed by atoms with van der Waals surface area (Å²) in [6.45, 7) is 3.88. The Morgan fingerprint density at radius 2 is 2.37 bits per heavy atom. The van der Waals surface area contributed by atoms with Gasteiger partial charge in [-0.3, -0.25) is 4.79 Å². The lowest BCUT2D eigenvalue weighted by atomic mass is 10.1. The quantitative estimate of drug-likeness (QED) is 0.841. The summed E-state index contributed by atoms with van der Waals surface area (Å²) in [7, 11) is 1.55. The van der Waals surface area contributed by atoms with Crippen molar-refractivity contribution < 1.29 is 14.3 Å². The lowest BCUT2D eigenvalue weighted by Crippen LogP contribution is -2.48. The van der Waals surface area contributed by atoms with Crippen LogP contribution in [0.4, 0.5) is 5.69 Å². The van der Waals surface area contributed by atoms with Gasteiger partial charge in [-0.2, -0.15) is 0 Å². The van der Waals surface area contributed by atoms with E-state index in [0.29, 0.717) is 36.8 Å². The van der Waals surface area contributed by atoms with Crippen LogP contribution in [-0.2, 0) is 4.74 Å². The van der Waals surface area contributed by atoms with E-state index in [-0.39, 0.29) is 11.9 Å². The molecule has 0 spiro atoms. The van der Waals surface area contributed by atoms with E-state index < -0.39 is 0 Å². The number of anilines is 1. The summed E-state index contributed by atoms with van der Waals surface area (Å²) in [4.78, 5) is 14.4. The van der Waals surface area contributed by atoms with Crippen LogP contribution in [0.5, 0.6) is 5.75 Å². The van der Waals surface area contributed by atoms with Crippen LogP contribution < -0.4 is 10.5 Å². The SMILES string of the molecule is CCC1COCCN1C(=O)c1ccc(N)c(OC)c1. The summed E-state index contributed by atoms with van der Waals surface area (Å²) < 4.78 is 10.6. The standard InChI is InChI=1S/C14H20N2O3/c1-3-11-9-19-7-6-16(11)14(17)10-4-5-12(15)13(8-10)18-2/h4-5,8,11H,3,6-7,9,15H2,1-2H3. The van der Waals surface area contributed by atoms with Gasteiger partial charge in [0.1, 0.15) is 5.75 Å². The number of carbonyl (C=O) groups excluding carboxylic acids is 1. The van der Waals surface area contributed by atoms with Crippen LogP contribution in [0.25, 0.3) is 0 Å². The van der Waals surface area contributed by atoms with Crippen LogP contribution in [0.2, 0.25) is 0 Å². The van der Waals surface area contributed by atoms with Gasteiger partial charge in [-0.15, -0.1) is 0 Å². The predicted octanol–water partition coefficient (Wildman–Crippen LogP) is 1.53. The van der Waals surface area contributed by atoms with Crippen LogP contribution >= 0.6 is 0 Å². The normalized spacial score (nSPS) is 19.3. The molecule has 1 aliphatic heterocycles. The molecule has 1 unspecified atom stereocenters. The highest BCUT2D eigenvalue weighted by molar-refractivity contribution is 5.95. The molecule has 2 N–H and O–H groups in total. The van der Waals surface area contributed by atoms with Crippen LogP contribution in [0.15, 0.2) is 18.2 Å². The summed E-state index contributed by atoms with van der Waals surface area (Å²) in [5, 5.41) is 0. The summed E-state index contributed by atoms with van der Waals surface area (Å²) in [5.41, 5.74) is 6.90. The highest BCUT2D eigenvalue weighted by atomic mass is 16.5. The van der Waals surface area contributed by atoms with Crippen molar-refractivity contribution in [1.29, 1.82) is 0 Å². The van der Waals surface area contributed by atoms with Gasteiger partial charge in [0.05, 0.1) is 32.1 Å². The zero-order valence-electron chi connectivity index (χ0n) is 11.4. The maximum absolute atomic E-state index is 12.5. The average Bonchev–Trinajstić information content (AvgIpc) is 2.47. The number of carbonyl (C=O) groups is 1. The van der Waals surface area contributed by atoms with E-state index in [1.807, 2.05) is 4.90 Å². The molecule has 1 aliphatic rings. The summed E-state index contributed by atoms with van der Waals surface area (Å²) in [5.74, 6) is 0.542. The number of ether oxygens (including phenoxy) is 2. The van der Waals surface area contributed by atoms with Gasteiger partial charge in [-0.1, -0.05) is 6.92 Å². The molecule has 2 rings (SSSR count). The van der Waals surface area contributed by atoms with Crippen LogP contribution in [0.3, 0.4) is 0 Å². The molecule has 1 atom stereocenters.